The van der Waals surface area contributed by atoms with Gasteiger partial charge in [-0.05, 0) is 44.4 Å². The summed E-state index contributed by atoms with van der Waals surface area (Å²) in [6.07, 6.45) is 4.58. The van der Waals surface area contributed by atoms with E-state index in [0.29, 0.717) is 24.3 Å². The van der Waals surface area contributed by atoms with E-state index >= 15 is 0 Å². The van der Waals surface area contributed by atoms with Gasteiger partial charge in [0.1, 0.15) is 13.1 Å². The van der Waals surface area contributed by atoms with Crippen LogP contribution >= 0.6 is 0 Å². The Morgan fingerprint density at radius 2 is 1.60 bits per heavy atom. The zero-order valence-corrected chi connectivity index (χ0v) is 32.3. The predicted octanol–water partition coefficient (Wildman–Crippen LogP) is 3.53. The second-order valence-electron chi connectivity index (χ2n) is 15.2. The molecule has 1 saturated heterocycles. The van der Waals surface area contributed by atoms with Gasteiger partial charge >= 0.3 is 5.97 Å². The summed E-state index contributed by atoms with van der Waals surface area (Å²) < 4.78 is 38.4. The van der Waals surface area contributed by atoms with Crippen molar-refractivity contribution < 1.29 is 46.4 Å². The van der Waals surface area contributed by atoms with Gasteiger partial charge < -0.3 is 25.3 Å². The molecule has 1 unspecified atom stereocenters. The van der Waals surface area contributed by atoms with Gasteiger partial charge in [0.05, 0.1) is 32.6 Å². The van der Waals surface area contributed by atoms with Crippen molar-refractivity contribution in [3.05, 3.63) is 94.4 Å². The third-order valence-corrected chi connectivity index (χ3v) is 11.4. The van der Waals surface area contributed by atoms with E-state index in [4.69, 9.17) is 4.84 Å². The summed E-state index contributed by atoms with van der Waals surface area (Å²) in [5, 5.41) is 9.55. The van der Waals surface area contributed by atoms with Crippen LogP contribution < -0.4 is 16.0 Å². The lowest BCUT2D eigenvalue weighted by molar-refractivity contribution is -0.401. The minimum absolute atomic E-state index is 0.00643. The number of anilines is 1. The van der Waals surface area contributed by atoms with Gasteiger partial charge in [0.2, 0.25) is 11.6 Å². The maximum atomic E-state index is 14.1. The molecule has 0 saturated carbocycles. The van der Waals surface area contributed by atoms with Crippen molar-refractivity contribution in [2.75, 3.05) is 24.7 Å². The Hall–Kier alpha value is -5.41. The average molecular weight is 772 g/mol. The highest BCUT2D eigenvalue weighted by molar-refractivity contribution is 7.85. The number of allylic oxidation sites excluding steroid dienone is 5. The van der Waals surface area contributed by atoms with Gasteiger partial charge in [0.25, 0.3) is 11.8 Å². The average Bonchev–Trinajstić information content (AvgIpc) is 3.65. The molecule has 1 fully saturated rings. The number of amides is 3. The van der Waals surface area contributed by atoms with Crippen LogP contribution in [0.5, 0.6) is 0 Å². The van der Waals surface area contributed by atoms with Crippen LogP contribution in [0.3, 0.4) is 0 Å². The van der Waals surface area contributed by atoms with E-state index in [0.717, 1.165) is 33.9 Å². The number of hydrogen-bond acceptors (Lipinski definition) is 11. The van der Waals surface area contributed by atoms with Crippen molar-refractivity contribution >= 4 is 56.7 Å². The molecule has 0 spiro atoms. The molecule has 1 aliphatic carbocycles. The second-order valence-corrected chi connectivity index (χ2v) is 16.6. The Balaban J connectivity index is 1.23. The number of carbonyl (C=O) groups excluding carboxylic acids is 5. The first-order chi connectivity index (χ1) is 25.9. The first-order valence-corrected chi connectivity index (χ1v) is 19.8. The van der Waals surface area contributed by atoms with E-state index in [1.807, 2.05) is 87.8 Å². The van der Waals surface area contributed by atoms with Crippen LogP contribution in [0.2, 0.25) is 0 Å². The molecule has 0 aromatic heterocycles. The molecule has 0 bridgehead atoms. The van der Waals surface area contributed by atoms with E-state index in [-0.39, 0.29) is 48.4 Å². The molecule has 1 atom stereocenters. The minimum Gasteiger partial charge on any atom is -0.748 e. The number of hydroxylamine groups is 2. The monoisotopic (exact) mass is 771 g/mol. The lowest BCUT2D eigenvalue weighted by Gasteiger charge is -2.31. The van der Waals surface area contributed by atoms with Gasteiger partial charge in [0, 0.05) is 65.9 Å². The van der Waals surface area contributed by atoms with Crippen LogP contribution in [0.4, 0.5) is 11.4 Å². The first-order valence-electron chi connectivity index (χ1n) is 18.2. The number of nitrogens with one attached hydrogen (secondary N) is 3. The molecule has 2 aromatic rings. The van der Waals surface area contributed by atoms with E-state index in [1.54, 1.807) is 12.2 Å². The molecule has 15 heteroatoms. The molecule has 2 aromatic carbocycles. The summed E-state index contributed by atoms with van der Waals surface area (Å²) in [6.45, 7) is 8.23. The number of rotatable bonds is 14. The quantitative estimate of drug-likeness (QED) is 0.0837. The molecular formula is C40H45N5O9S. The molecule has 55 heavy (non-hydrogen) atoms. The number of unbranched alkanes of at least 4 members (excludes halogenated alkanes) is 2. The van der Waals surface area contributed by atoms with E-state index in [1.165, 1.54) is 0 Å². The van der Waals surface area contributed by atoms with E-state index in [2.05, 4.69) is 16.0 Å². The number of para-hydroxylation sites is 2. The summed E-state index contributed by atoms with van der Waals surface area (Å²) >= 11 is 0. The molecule has 6 rings (SSSR count). The third-order valence-electron chi connectivity index (χ3n) is 10.6. The van der Waals surface area contributed by atoms with Crippen LogP contribution in [-0.2, 0) is 49.8 Å². The Labute approximate surface area is 320 Å². The van der Waals surface area contributed by atoms with Crippen LogP contribution in [-0.4, -0.2) is 83.2 Å². The molecule has 3 heterocycles. The maximum absolute atomic E-state index is 14.1. The fourth-order valence-corrected chi connectivity index (χ4v) is 8.14. The number of imide groups is 1. The molecule has 14 nitrogen and oxygen atoms in total. The van der Waals surface area contributed by atoms with Crippen molar-refractivity contribution in [1.29, 1.82) is 0 Å². The van der Waals surface area contributed by atoms with E-state index in [9.17, 15) is 36.9 Å². The van der Waals surface area contributed by atoms with Gasteiger partial charge in [-0.15, -0.1) is 5.06 Å². The highest BCUT2D eigenvalue weighted by atomic mass is 32.2. The van der Waals surface area contributed by atoms with Gasteiger partial charge in [-0.3, -0.25) is 19.2 Å². The summed E-state index contributed by atoms with van der Waals surface area (Å²) in [5.41, 5.74) is 5.23. The molecule has 4 aliphatic rings. The summed E-state index contributed by atoms with van der Waals surface area (Å²) in [5.74, 6) is -4.01. The van der Waals surface area contributed by atoms with Crippen molar-refractivity contribution in [2.45, 2.75) is 83.1 Å². The molecule has 290 valence electrons. The number of fused-ring (bicyclic) bond motifs is 2. The number of hydrogen-bond donors (Lipinski definition) is 3. The topological polar surface area (TPSA) is 194 Å². The number of benzene rings is 2. The first kappa shape index (κ1) is 39.3. The van der Waals surface area contributed by atoms with Gasteiger partial charge in [-0.25, -0.2) is 13.2 Å². The summed E-state index contributed by atoms with van der Waals surface area (Å²) in [4.78, 5) is 68.0. The Bertz CT molecular complexity index is 2220. The fraction of sp³-hybridized carbons (Fsp3) is 0.400. The van der Waals surface area contributed by atoms with Crippen LogP contribution in [0.1, 0.15) is 77.3 Å². The molecular weight excluding hydrogens is 727 g/mol. The number of Topliss-reactive ketones (excluding diaryl/α,β-unsaturated/α-hetero) is 1. The maximum Gasteiger partial charge on any atom is 0.333 e. The smallest absolute Gasteiger partial charge is 0.333 e. The number of ketones is 1. The number of nitrogens with zero attached hydrogens (tertiary/aromatic N) is 2. The van der Waals surface area contributed by atoms with E-state index < -0.39 is 56.4 Å². The van der Waals surface area contributed by atoms with Gasteiger partial charge in [0.15, 0.2) is 11.5 Å². The minimum atomic E-state index is -4.92. The fourth-order valence-electron chi connectivity index (χ4n) is 7.50. The predicted molar refractivity (Wildman–Crippen MR) is 202 cm³/mol. The van der Waals surface area contributed by atoms with Gasteiger partial charge in [-0.2, -0.15) is 4.58 Å². The molecule has 3 amide bonds. The summed E-state index contributed by atoms with van der Waals surface area (Å²) in [6, 6.07) is 14.2. The van der Waals surface area contributed by atoms with Crippen molar-refractivity contribution in [1.82, 2.24) is 15.7 Å². The highest BCUT2D eigenvalue weighted by Crippen LogP contribution is 2.45. The Kier molecular flexibility index (Phi) is 10.7. The van der Waals surface area contributed by atoms with Gasteiger partial charge in [-0.1, -0.05) is 56.7 Å². The lowest BCUT2D eigenvalue weighted by atomic mass is 9.77. The third kappa shape index (κ3) is 7.89. The highest BCUT2D eigenvalue weighted by Gasteiger charge is 2.46. The normalized spacial score (nSPS) is 20.4. The molecule has 3 N–H and O–H groups in total. The zero-order valence-electron chi connectivity index (χ0n) is 31.5. The van der Waals surface area contributed by atoms with Crippen molar-refractivity contribution in [3.63, 3.8) is 0 Å². The lowest BCUT2D eigenvalue weighted by Crippen LogP contribution is -2.50. The molecule has 3 aliphatic heterocycles. The van der Waals surface area contributed by atoms with Crippen molar-refractivity contribution in [3.8, 4) is 0 Å². The van der Waals surface area contributed by atoms with Crippen LogP contribution in [0.15, 0.2) is 83.2 Å². The zero-order chi connectivity index (χ0) is 39.9. The second kappa shape index (κ2) is 15.0. The number of carbonyl (C=O) groups is 5. The Morgan fingerprint density at radius 3 is 2.25 bits per heavy atom. The van der Waals surface area contributed by atoms with Crippen molar-refractivity contribution in [2.24, 2.45) is 0 Å². The summed E-state index contributed by atoms with van der Waals surface area (Å²) in [7, 11) is -3.01. The SMILES string of the molecule is C[N+]1=C(/C=C2\C(=O)C(/C=C3/Nc4ccccc4C3(C)C)=C2NC(CS(=O)(=O)[O-])C(=O)NCCCCCC(=O)ON2C(=O)CCC2=O)C(C)(C)c2ccccc21. The Morgan fingerprint density at radius 1 is 0.945 bits per heavy atom. The van der Waals surface area contributed by atoms with Crippen LogP contribution in [0.25, 0.3) is 0 Å². The largest absolute Gasteiger partial charge is 0.748 e. The van der Waals surface area contributed by atoms with Crippen LogP contribution in [0, 0.1) is 0 Å². The standard InChI is InChI=1S/C40H45N5O9S/c1-39(2)26-13-8-10-15-28(26)42-31(39)21-24-36(25(37(24)49)22-32-40(3,4)27-14-9-11-16-30(27)44(32)5)43-29(23-55(51,52)53)38(50)41-20-12-6-7-17-35(48)54-45-33(46)18-19-34(45)47/h8-11,13-16,21-22,29H,6-7,12,17-20,23H2,1-5H3,(H3,41,43,49,50,51,52,53). The molecule has 0 radical (unpaired) electrons.